The first-order chi connectivity index (χ1) is 12.5. The van der Waals surface area contributed by atoms with E-state index in [4.69, 9.17) is 4.74 Å². The van der Waals surface area contributed by atoms with E-state index < -0.39 is 15.6 Å². The normalized spacial score (nSPS) is 19.8. The molecule has 164 valence electrons. The Labute approximate surface area is 185 Å². The van der Waals surface area contributed by atoms with E-state index in [-0.39, 0.29) is 41.9 Å². The number of carbonyl (C=O) groups is 1. The average Bonchev–Trinajstić information content (AvgIpc) is 2.99. The number of amides is 1. The van der Waals surface area contributed by atoms with Crippen LogP contribution in [0.5, 0.6) is 0 Å². The predicted octanol–water partition coefficient (Wildman–Crippen LogP) is 1.16. The van der Waals surface area contributed by atoms with Gasteiger partial charge in [0.15, 0.2) is 5.96 Å². The fraction of sp³-hybridized carbons (Fsp3) is 0.882. The number of hydrogen-bond acceptors (Lipinski definition) is 7. The molecular formula is C17H34IN5O4S. The molecule has 1 unspecified atom stereocenters. The number of piperazine rings is 1. The van der Waals surface area contributed by atoms with Crippen molar-refractivity contribution in [1.29, 1.82) is 0 Å². The van der Waals surface area contributed by atoms with Crippen molar-refractivity contribution in [3.8, 4) is 0 Å². The molecule has 9 nitrogen and oxygen atoms in total. The van der Waals surface area contributed by atoms with Crippen LogP contribution in [0.3, 0.4) is 0 Å². The van der Waals surface area contributed by atoms with Crippen LogP contribution in [-0.2, 0) is 14.8 Å². The molecule has 1 amide bonds. The summed E-state index contributed by atoms with van der Waals surface area (Å²) in [6.07, 6.45) is 0.431. The third-order valence-corrected chi connectivity index (χ3v) is 6.49. The number of hydrogen-bond donors (Lipinski definition) is 1. The average molecular weight is 531 g/mol. The van der Waals surface area contributed by atoms with Gasteiger partial charge in [0.05, 0.1) is 18.3 Å². The van der Waals surface area contributed by atoms with Crippen LogP contribution in [0.25, 0.3) is 0 Å². The highest BCUT2D eigenvalue weighted by molar-refractivity contribution is 14.0. The molecule has 1 atom stereocenters. The molecule has 1 saturated heterocycles. The van der Waals surface area contributed by atoms with Crippen LogP contribution in [0, 0.1) is 0 Å². The van der Waals surface area contributed by atoms with E-state index in [1.54, 1.807) is 18.9 Å². The molecule has 0 aromatic rings. The summed E-state index contributed by atoms with van der Waals surface area (Å²) in [5.41, 5.74) is -0.495. The first-order valence-corrected chi connectivity index (χ1v) is 11.1. The molecule has 1 N–H and O–H groups in total. The molecule has 0 aromatic heterocycles. The summed E-state index contributed by atoms with van der Waals surface area (Å²) in [6, 6.07) is 0.164. The van der Waals surface area contributed by atoms with Gasteiger partial charge in [-0.25, -0.2) is 17.5 Å². The summed E-state index contributed by atoms with van der Waals surface area (Å²) in [5.74, 6) is 0.956. The summed E-state index contributed by atoms with van der Waals surface area (Å²) in [6.45, 7) is 10.9. The Balaban J connectivity index is 0.00000392. The molecule has 0 saturated carbocycles. The zero-order chi connectivity index (χ0) is 20.2. The SMILES string of the molecule is CCS(=O)(=O)N(C)CCCNC1=NCC2CN(C(=O)OC(C)(C)C)CCN12.I. The summed E-state index contributed by atoms with van der Waals surface area (Å²) in [7, 11) is -1.52. The van der Waals surface area contributed by atoms with Crippen LogP contribution in [0.4, 0.5) is 4.79 Å². The van der Waals surface area contributed by atoms with Gasteiger partial charge in [0.1, 0.15) is 5.60 Å². The van der Waals surface area contributed by atoms with Gasteiger partial charge in [0, 0.05) is 39.8 Å². The van der Waals surface area contributed by atoms with Crippen LogP contribution in [0.15, 0.2) is 4.99 Å². The number of ether oxygens (including phenoxy) is 1. The second-order valence-electron chi connectivity index (χ2n) is 7.94. The van der Waals surface area contributed by atoms with Gasteiger partial charge in [-0.3, -0.25) is 4.99 Å². The van der Waals surface area contributed by atoms with Crippen molar-refractivity contribution in [2.24, 2.45) is 4.99 Å². The Kier molecular flexibility index (Phi) is 9.26. The Hall–Kier alpha value is -0.820. The number of aliphatic imine (C=N–C) groups is 1. The van der Waals surface area contributed by atoms with Gasteiger partial charge in [-0.15, -0.1) is 24.0 Å². The molecule has 11 heteroatoms. The number of carbonyl (C=O) groups excluding carboxylic acids is 1. The monoisotopic (exact) mass is 531 g/mol. The highest BCUT2D eigenvalue weighted by Crippen LogP contribution is 2.18. The molecule has 0 aliphatic carbocycles. The minimum atomic E-state index is -3.13. The topological polar surface area (TPSA) is 94.6 Å². The van der Waals surface area contributed by atoms with Gasteiger partial charge in [-0.05, 0) is 34.1 Å². The van der Waals surface area contributed by atoms with Crippen molar-refractivity contribution in [2.75, 3.05) is 52.1 Å². The lowest BCUT2D eigenvalue weighted by atomic mass is 10.2. The summed E-state index contributed by atoms with van der Waals surface area (Å²) < 4.78 is 30.3. The number of halogens is 1. The molecule has 1 fully saturated rings. The Bertz CT molecular complexity index is 665. The number of nitrogens with one attached hydrogen (secondary N) is 1. The van der Waals surface area contributed by atoms with E-state index in [1.807, 2.05) is 20.8 Å². The molecule has 2 aliphatic rings. The molecule has 2 aliphatic heterocycles. The van der Waals surface area contributed by atoms with E-state index in [9.17, 15) is 13.2 Å². The highest BCUT2D eigenvalue weighted by atomic mass is 127. The molecule has 0 aromatic carbocycles. The standard InChI is InChI=1S/C17H33N5O4S.HI/c1-6-27(24,25)20(5)9-7-8-18-15-19-12-14-13-21(10-11-22(14)15)16(23)26-17(2,3)4;/h14H,6-13H2,1-5H3,(H,18,19);1H. The molecule has 2 rings (SSSR count). The van der Waals surface area contributed by atoms with E-state index >= 15 is 0 Å². The van der Waals surface area contributed by atoms with Gasteiger partial charge in [-0.2, -0.15) is 0 Å². The molecule has 0 radical (unpaired) electrons. The van der Waals surface area contributed by atoms with Gasteiger partial charge in [0.2, 0.25) is 10.0 Å². The van der Waals surface area contributed by atoms with Crippen LogP contribution in [-0.4, -0.2) is 98.3 Å². The minimum Gasteiger partial charge on any atom is -0.444 e. The molecule has 0 bridgehead atoms. The maximum atomic E-state index is 12.2. The zero-order valence-corrected chi connectivity index (χ0v) is 20.6. The fourth-order valence-corrected chi connectivity index (χ4v) is 3.93. The quantitative estimate of drug-likeness (QED) is 0.409. The lowest BCUT2D eigenvalue weighted by Crippen LogP contribution is -2.57. The lowest BCUT2D eigenvalue weighted by Gasteiger charge is -2.39. The van der Waals surface area contributed by atoms with Crippen molar-refractivity contribution in [3.05, 3.63) is 0 Å². The maximum absolute atomic E-state index is 12.2. The van der Waals surface area contributed by atoms with Crippen LogP contribution < -0.4 is 5.32 Å². The molecule has 0 spiro atoms. The number of nitrogens with zero attached hydrogens (tertiary/aromatic N) is 4. The van der Waals surface area contributed by atoms with Gasteiger partial charge in [0.25, 0.3) is 0 Å². The van der Waals surface area contributed by atoms with E-state index in [0.717, 1.165) is 5.96 Å². The third kappa shape index (κ3) is 6.90. The zero-order valence-electron chi connectivity index (χ0n) is 17.5. The largest absolute Gasteiger partial charge is 0.444 e. The second kappa shape index (κ2) is 10.3. The van der Waals surface area contributed by atoms with Crippen molar-refractivity contribution in [2.45, 2.75) is 45.8 Å². The summed E-state index contributed by atoms with van der Waals surface area (Å²) >= 11 is 0. The third-order valence-electron chi connectivity index (χ3n) is 4.63. The smallest absolute Gasteiger partial charge is 0.410 e. The van der Waals surface area contributed by atoms with Crippen molar-refractivity contribution in [1.82, 2.24) is 19.4 Å². The van der Waals surface area contributed by atoms with Crippen molar-refractivity contribution >= 4 is 46.1 Å². The van der Waals surface area contributed by atoms with Gasteiger partial charge in [-0.1, -0.05) is 0 Å². The second-order valence-corrected chi connectivity index (χ2v) is 10.3. The van der Waals surface area contributed by atoms with Crippen LogP contribution >= 0.6 is 24.0 Å². The number of guanidine groups is 1. The lowest BCUT2D eigenvalue weighted by molar-refractivity contribution is 0.0137. The fourth-order valence-electron chi connectivity index (χ4n) is 3.08. The molecular weight excluding hydrogens is 497 g/mol. The van der Waals surface area contributed by atoms with Crippen LogP contribution in [0.1, 0.15) is 34.1 Å². The van der Waals surface area contributed by atoms with Gasteiger partial charge < -0.3 is 19.9 Å². The maximum Gasteiger partial charge on any atom is 0.410 e. The number of sulfonamides is 1. The summed E-state index contributed by atoms with van der Waals surface area (Å²) in [4.78, 5) is 20.7. The summed E-state index contributed by atoms with van der Waals surface area (Å²) in [5, 5.41) is 3.31. The Morgan fingerprint density at radius 2 is 2.04 bits per heavy atom. The van der Waals surface area contributed by atoms with Gasteiger partial charge >= 0.3 is 6.09 Å². The first-order valence-electron chi connectivity index (χ1n) is 9.50. The molecule has 28 heavy (non-hydrogen) atoms. The first kappa shape index (κ1) is 25.2. The Morgan fingerprint density at radius 1 is 1.36 bits per heavy atom. The highest BCUT2D eigenvalue weighted by Gasteiger charge is 2.36. The van der Waals surface area contributed by atoms with E-state index in [1.165, 1.54) is 4.31 Å². The minimum absolute atomic E-state index is 0. The number of fused-ring (bicyclic) bond motifs is 1. The van der Waals surface area contributed by atoms with Crippen molar-refractivity contribution < 1.29 is 17.9 Å². The molecule has 2 heterocycles. The van der Waals surface area contributed by atoms with E-state index in [0.29, 0.717) is 45.7 Å². The Morgan fingerprint density at radius 3 is 2.64 bits per heavy atom. The van der Waals surface area contributed by atoms with Crippen molar-refractivity contribution in [3.63, 3.8) is 0 Å². The van der Waals surface area contributed by atoms with Crippen LogP contribution in [0.2, 0.25) is 0 Å². The number of rotatable bonds is 6. The van der Waals surface area contributed by atoms with E-state index in [2.05, 4.69) is 15.2 Å². The predicted molar refractivity (Wildman–Crippen MR) is 121 cm³/mol.